The summed E-state index contributed by atoms with van der Waals surface area (Å²) in [7, 11) is 1.57. The van der Waals surface area contributed by atoms with Gasteiger partial charge in [-0.3, -0.25) is 4.79 Å². The van der Waals surface area contributed by atoms with Gasteiger partial charge in [0.05, 0.1) is 7.11 Å². The Morgan fingerprint density at radius 3 is 2.67 bits per heavy atom. The smallest absolute Gasteiger partial charge is 0.303 e. The largest absolute Gasteiger partial charge is 0.496 e. The molecule has 0 heterocycles. The first-order valence-electron chi connectivity index (χ1n) is 5.69. The molecule has 1 unspecified atom stereocenters. The Hall–Kier alpha value is -1.26. The lowest BCUT2D eigenvalue weighted by molar-refractivity contribution is -0.137. The Labute approximate surface area is 112 Å². The SMILES string of the molecule is COc1c(C)cc(Cl)c(C)c1C(N)CCC(=O)O. The number of hydrogen-bond donors (Lipinski definition) is 2. The Balaban J connectivity index is 3.16. The molecule has 0 radical (unpaired) electrons. The Morgan fingerprint density at radius 1 is 1.56 bits per heavy atom. The van der Waals surface area contributed by atoms with E-state index in [0.29, 0.717) is 17.2 Å². The minimum absolute atomic E-state index is 0.0231. The van der Waals surface area contributed by atoms with Crippen molar-refractivity contribution in [2.24, 2.45) is 5.73 Å². The molecule has 1 aromatic carbocycles. The van der Waals surface area contributed by atoms with Gasteiger partial charge in [-0.15, -0.1) is 0 Å². The van der Waals surface area contributed by atoms with Crippen LogP contribution >= 0.6 is 11.6 Å². The van der Waals surface area contributed by atoms with E-state index in [1.807, 2.05) is 19.9 Å². The lowest BCUT2D eigenvalue weighted by Gasteiger charge is -2.20. The van der Waals surface area contributed by atoms with Gasteiger partial charge in [0.1, 0.15) is 5.75 Å². The number of aliphatic carboxylic acids is 1. The summed E-state index contributed by atoms with van der Waals surface area (Å²) in [4.78, 5) is 10.6. The van der Waals surface area contributed by atoms with Crippen molar-refractivity contribution < 1.29 is 14.6 Å². The number of halogens is 1. The number of ether oxygens (including phenoxy) is 1. The predicted octanol–water partition coefficient (Wildman–Crippen LogP) is 2.83. The van der Waals surface area contributed by atoms with Crippen LogP contribution in [0.1, 0.15) is 35.6 Å². The topological polar surface area (TPSA) is 72.5 Å². The summed E-state index contributed by atoms with van der Waals surface area (Å²) in [5, 5.41) is 9.32. The number of hydrogen-bond acceptors (Lipinski definition) is 3. The minimum Gasteiger partial charge on any atom is -0.496 e. The Morgan fingerprint density at radius 2 is 2.17 bits per heavy atom. The van der Waals surface area contributed by atoms with E-state index in [2.05, 4.69) is 0 Å². The van der Waals surface area contributed by atoms with Crippen LogP contribution in [-0.2, 0) is 4.79 Å². The van der Waals surface area contributed by atoms with Gasteiger partial charge in [0.25, 0.3) is 0 Å². The maximum absolute atomic E-state index is 10.6. The molecule has 5 heteroatoms. The molecular weight excluding hydrogens is 254 g/mol. The summed E-state index contributed by atoms with van der Waals surface area (Å²) >= 11 is 6.13. The van der Waals surface area contributed by atoms with E-state index in [1.165, 1.54) is 0 Å². The molecule has 0 saturated heterocycles. The van der Waals surface area contributed by atoms with E-state index in [0.717, 1.165) is 16.7 Å². The van der Waals surface area contributed by atoms with Crippen LogP contribution in [0.15, 0.2) is 6.07 Å². The third kappa shape index (κ3) is 3.15. The van der Waals surface area contributed by atoms with Crippen LogP contribution in [-0.4, -0.2) is 18.2 Å². The summed E-state index contributed by atoms with van der Waals surface area (Å²) in [5.41, 5.74) is 8.59. The van der Waals surface area contributed by atoms with Crippen LogP contribution in [0.3, 0.4) is 0 Å². The maximum Gasteiger partial charge on any atom is 0.303 e. The number of aryl methyl sites for hydroxylation is 1. The molecule has 100 valence electrons. The summed E-state index contributed by atoms with van der Waals surface area (Å²) in [5.74, 6) is -0.171. The summed E-state index contributed by atoms with van der Waals surface area (Å²) in [6, 6.07) is 1.43. The van der Waals surface area contributed by atoms with E-state index in [4.69, 9.17) is 27.2 Å². The van der Waals surface area contributed by atoms with Gasteiger partial charge in [-0.1, -0.05) is 11.6 Å². The van der Waals surface area contributed by atoms with Gasteiger partial charge < -0.3 is 15.6 Å². The first-order chi connectivity index (χ1) is 8.38. The van der Waals surface area contributed by atoms with E-state index in [1.54, 1.807) is 7.11 Å². The molecule has 0 bridgehead atoms. The molecule has 0 aliphatic carbocycles. The van der Waals surface area contributed by atoms with Gasteiger partial charge in [0.2, 0.25) is 0 Å². The number of rotatable bonds is 5. The molecule has 0 aliphatic heterocycles. The minimum atomic E-state index is -0.860. The van der Waals surface area contributed by atoms with Crippen LogP contribution in [0.5, 0.6) is 5.75 Å². The first kappa shape index (κ1) is 14.8. The van der Waals surface area contributed by atoms with Crippen LogP contribution in [0.2, 0.25) is 5.02 Å². The van der Waals surface area contributed by atoms with Crippen LogP contribution in [0.4, 0.5) is 0 Å². The van der Waals surface area contributed by atoms with Gasteiger partial charge in [0.15, 0.2) is 0 Å². The third-order valence-corrected chi connectivity index (χ3v) is 3.34. The van der Waals surface area contributed by atoms with Gasteiger partial charge in [-0.2, -0.15) is 0 Å². The average molecular weight is 272 g/mol. The standard InChI is InChI=1S/C13H18ClNO3/c1-7-6-9(14)8(2)12(13(7)18-3)10(15)4-5-11(16)17/h6,10H,4-5,15H2,1-3H3,(H,16,17). The Kier molecular flexibility index (Phi) is 4.99. The molecule has 18 heavy (non-hydrogen) atoms. The fraction of sp³-hybridized carbons (Fsp3) is 0.462. The number of carbonyl (C=O) groups is 1. The van der Waals surface area contributed by atoms with Crippen molar-refractivity contribution in [1.29, 1.82) is 0 Å². The number of carboxylic acids is 1. The fourth-order valence-electron chi connectivity index (χ4n) is 2.02. The highest BCUT2D eigenvalue weighted by Gasteiger charge is 2.19. The number of methoxy groups -OCH3 is 1. The van der Waals surface area contributed by atoms with E-state index in [-0.39, 0.29) is 6.42 Å². The van der Waals surface area contributed by atoms with Gasteiger partial charge in [0, 0.05) is 23.0 Å². The molecule has 1 aromatic rings. The fourth-order valence-corrected chi connectivity index (χ4v) is 2.28. The third-order valence-electron chi connectivity index (χ3n) is 2.95. The van der Waals surface area contributed by atoms with Crippen LogP contribution in [0, 0.1) is 13.8 Å². The molecule has 0 spiro atoms. The van der Waals surface area contributed by atoms with Crippen molar-refractivity contribution in [3.8, 4) is 5.75 Å². The summed E-state index contributed by atoms with van der Waals surface area (Å²) < 4.78 is 5.35. The predicted molar refractivity (Wildman–Crippen MR) is 71.3 cm³/mol. The van der Waals surface area contributed by atoms with Crippen molar-refractivity contribution in [2.75, 3.05) is 7.11 Å². The normalized spacial score (nSPS) is 12.3. The molecule has 1 atom stereocenters. The van der Waals surface area contributed by atoms with Gasteiger partial charge >= 0.3 is 5.97 Å². The Bertz CT molecular complexity index is 460. The molecule has 0 fully saturated rings. The zero-order valence-corrected chi connectivity index (χ0v) is 11.5. The van der Waals surface area contributed by atoms with E-state index in [9.17, 15) is 4.79 Å². The molecule has 4 nitrogen and oxygen atoms in total. The van der Waals surface area contributed by atoms with Crippen molar-refractivity contribution >= 4 is 17.6 Å². The monoisotopic (exact) mass is 271 g/mol. The van der Waals surface area contributed by atoms with Crippen molar-refractivity contribution in [2.45, 2.75) is 32.7 Å². The molecule has 0 aromatic heterocycles. The highest BCUT2D eigenvalue weighted by molar-refractivity contribution is 6.31. The molecule has 0 amide bonds. The van der Waals surface area contributed by atoms with Gasteiger partial charge in [-0.05, 0) is 37.5 Å². The zero-order valence-electron chi connectivity index (χ0n) is 10.8. The van der Waals surface area contributed by atoms with E-state index < -0.39 is 12.0 Å². The second kappa shape index (κ2) is 6.07. The second-order valence-corrected chi connectivity index (χ2v) is 4.69. The van der Waals surface area contributed by atoms with Crippen molar-refractivity contribution in [3.63, 3.8) is 0 Å². The van der Waals surface area contributed by atoms with Gasteiger partial charge in [-0.25, -0.2) is 0 Å². The molecule has 1 rings (SSSR count). The molecule has 0 aliphatic rings. The highest BCUT2D eigenvalue weighted by Crippen LogP contribution is 2.36. The van der Waals surface area contributed by atoms with Crippen molar-refractivity contribution in [1.82, 2.24) is 0 Å². The molecule has 3 N–H and O–H groups in total. The van der Waals surface area contributed by atoms with Crippen LogP contribution < -0.4 is 10.5 Å². The summed E-state index contributed by atoms with van der Waals surface area (Å²) in [6.07, 6.45) is 0.377. The zero-order chi connectivity index (χ0) is 13.9. The first-order valence-corrected chi connectivity index (χ1v) is 6.07. The summed E-state index contributed by atoms with van der Waals surface area (Å²) in [6.45, 7) is 3.75. The second-order valence-electron chi connectivity index (χ2n) is 4.29. The lowest BCUT2D eigenvalue weighted by Crippen LogP contribution is -2.15. The lowest BCUT2D eigenvalue weighted by atomic mass is 9.95. The number of nitrogens with two attached hydrogens (primary N) is 1. The number of benzene rings is 1. The highest BCUT2D eigenvalue weighted by atomic mass is 35.5. The van der Waals surface area contributed by atoms with E-state index >= 15 is 0 Å². The maximum atomic E-state index is 10.6. The average Bonchev–Trinajstić information content (AvgIpc) is 2.30. The van der Waals surface area contributed by atoms with Crippen molar-refractivity contribution in [3.05, 3.63) is 27.8 Å². The quantitative estimate of drug-likeness (QED) is 0.864. The molecular formula is C13H18ClNO3. The van der Waals surface area contributed by atoms with Crippen LogP contribution in [0.25, 0.3) is 0 Å². The number of carboxylic acid groups (broad SMARTS) is 1. The molecule has 0 saturated carbocycles.